The zero-order valence-corrected chi connectivity index (χ0v) is 14.4. The van der Waals surface area contributed by atoms with Gasteiger partial charge in [-0.25, -0.2) is 9.59 Å². The van der Waals surface area contributed by atoms with E-state index in [1.165, 1.54) is 4.90 Å². The third-order valence-electron chi connectivity index (χ3n) is 5.21. The predicted octanol–water partition coefficient (Wildman–Crippen LogP) is 0.115. The van der Waals surface area contributed by atoms with Gasteiger partial charge in [0.1, 0.15) is 6.54 Å². The van der Waals surface area contributed by atoms with Crippen molar-refractivity contribution in [3.05, 3.63) is 0 Å². The minimum Gasteiger partial charge on any atom is -0.465 e. The molecule has 0 aromatic heterocycles. The smallest absolute Gasteiger partial charge is 0.407 e. The maximum absolute atomic E-state index is 12.8. The minimum atomic E-state index is -0.902. The van der Waals surface area contributed by atoms with E-state index < -0.39 is 6.09 Å². The van der Waals surface area contributed by atoms with E-state index in [9.17, 15) is 14.4 Å². The van der Waals surface area contributed by atoms with Crippen LogP contribution in [-0.2, 0) is 9.53 Å². The average Bonchev–Trinajstić information content (AvgIpc) is 2.64. The highest BCUT2D eigenvalue weighted by Gasteiger charge is 2.35. The van der Waals surface area contributed by atoms with Gasteiger partial charge in [-0.1, -0.05) is 0 Å². The van der Waals surface area contributed by atoms with Gasteiger partial charge in [-0.05, 0) is 19.3 Å². The van der Waals surface area contributed by atoms with Gasteiger partial charge in [0.05, 0.1) is 13.2 Å². The lowest BCUT2D eigenvalue weighted by atomic mass is 10.0. The number of ether oxygens (including phenoxy) is 1. The van der Waals surface area contributed by atoms with Crippen LogP contribution in [0.3, 0.4) is 0 Å². The highest BCUT2D eigenvalue weighted by atomic mass is 16.5. The fourth-order valence-electron chi connectivity index (χ4n) is 3.74. The first-order chi connectivity index (χ1) is 12.1. The van der Waals surface area contributed by atoms with E-state index in [0.717, 1.165) is 6.42 Å². The number of likely N-dealkylation sites (tertiary alicyclic amines) is 1. The number of morpholine rings is 1. The summed E-state index contributed by atoms with van der Waals surface area (Å²) in [5, 5.41) is 9.04. The summed E-state index contributed by atoms with van der Waals surface area (Å²) < 4.78 is 5.25. The Morgan fingerprint density at radius 1 is 1.00 bits per heavy atom. The van der Waals surface area contributed by atoms with Crippen molar-refractivity contribution in [2.75, 3.05) is 59.0 Å². The lowest BCUT2D eigenvalue weighted by molar-refractivity contribution is -0.136. The molecule has 3 heterocycles. The molecule has 3 saturated heterocycles. The molecular weight excluding hydrogens is 328 g/mol. The summed E-state index contributed by atoms with van der Waals surface area (Å²) in [6, 6.07) is -0.0361. The molecule has 0 aliphatic carbocycles. The van der Waals surface area contributed by atoms with Crippen molar-refractivity contribution in [1.82, 2.24) is 19.6 Å². The Bertz CT molecular complexity index is 515. The summed E-state index contributed by atoms with van der Waals surface area (Å²) in [5.74, 6) is -0.0285. The number of piperidine rings is 1. The number of hydrogen-bond acceptors (Lipinski definition) is 4. The number of urea groups is 1. The molecule has 3 aliphatic heterocycles. The topological polar surface area (TPSA) is 93.6 Å². The van der Waals surface area contributed by atoms with Crippen molar-refractivity contribution in [1.29, 1.82) is 0 Å². The second-order valence-corrected chi connectivity index (χ2v) is 6.75. The first-order valence-corrected chi connectivity index (χ1v) is 8.95. The van der Waals surface area contributed by atoms with Gasteiger partial charge >= 0.3 is 12.1 Å². The number of hydrogen-bond donors (Lipinski definition) is 1. The summed E-state index contributed by atoms with van der Waals surface area (Å²) >= 11 is 0. The first kappa shape index (κ1) is 17.8. The van der Waals surface area contributed by atoms with Gasteiger partial charge < -0.3 is 29.4 Å². The molecule has 3 rings (SSSR count). The van der Waals surface area contributed by atoms with Crippen LogP contribution in [0.15, 0.2) is 0 Å². The molecule has 0 unspecified atom stereocenters. The average molecular weight is 354 g/mol. The largest absolute Gasteiger partial charge is 0.465 e. The van der Waals surface area contributed by atoms with E-state index in [-0.39, 0.29) is 24.5 Å². The molecule has 0 radical (unpaired) electrons. The van der Waals surface area contributed by atoms with Gasteiger partial charge in [0.15, 0.2) is 0 Å². The molecule has 4 amide bonds. The number of nitrogens with zero attached hydrogens (tertiary/aromatic N) is 4. The Balaban J connectivity index is 1.54. The molecule has 3 fully saturated rings. The number of amides is 4. The Kier molecular flexibility index (Phi) is 5.62. The van der Waals surface area contributed by atoms with E-state index in [2.05, 4.69) is 0 Å². The molecule has 9 heteroatoms. The van der Waals surface area contributed by atoms with Crippen LogP contribution in [-0.4, -0.2) is 108 Å². The van der Waals surface area contributed by atoms with Crippen molar-refractivity contribution in [3.63, 3.8) is 0 Å². The molecule has 0 spiro atoms. The van der Waals surface area contributed by atoms with E-state index in [1.54, 1.807) is 9.80 Å². The van der Waals surface area contributed by atoms with Crippen LogP contribution >= 0.6 is 0 Å². The van der Waals surface area contributed by atoms with Gasteiger partial charge in [-0.3, -0.25) is 4.79 Å². The lowest BCUT2D eigenvalue weighted by Gasteiger charge is -2.43. The van der Waals surface area contributed by atoms with Crippen LogP contribution in [0, 0.1) is 0 Å². The van der Waals surface area contributed by atoms with Crippen molar-refractivity contribution in [3.8, 4) is 0 Å². The number of rotatable bonds is 3. The second kappa shape index (κ2) is 7.90. The standard InChI is InChI=1S/C16H26N4O5/c21-14(17-8-10-25-11-9-17)12-19-4-1-5-20(15(19)22)13-2-6-18(7-3-13)16(23)24/h13H,1-12H2,(H,23,24). The van der Waals surface area contributed by atoms with Crippen molar-refractivity contribution in [2.45, 2.75) is 25.3 Å². The van der Waals surface area contributed by atoms with Gasteiger partial charge in [0.25, 0.3) is 0 Å². The highest BCUT2D eigenvalue weighted by molar-refractivity contribution is 5.84. The Labute approximate surface area is 147 Å². The van der Waals surface area contributed by atoms with Crippen LogP contribution in [0.4, 0.5) is 9.59 Å². The van der Waals surface area contributed by atoms with Crippen molar-refractivity contribution < 1.29 is 24.2 Å². The van der Waals surface area contributed by atoms with Crippen LogP contribution in [0.2, 0.25) is 0 Å². The van der Waals surface area contributed by atoms with Gasteiger partial charge in [-0.2, -0.15) is 0 Å². The summed E-state index contributed by atoms with van der Waals surface area (Å²) in [7, 11) is 0. The van der Waals surface area contributed by atoms with Crippen LogP contribution in [0.5, 0.6) is 0 Å². The summed E-state index contributed by atoms with van der Waals surface area (Å²) in [6.45, 7) is 4.56. The zero-order valence-electron chi connectivity index (χ0n) is 14.4. The highest BCUT2D eigenvalue weighted by Crippen LogP contribution is 2.21. The van der Waals surface area contributed by atoms with E-state index in [1.807, 2.05) is 4.90 Å². The number of carboxylic acid groups (broad SMARTS) is 1. The van der Waals surface area contributed by atoms with E-state index in [0.29, 0.717) is 65.3 Å². The van der Waals surface area contributed by atoms with Crippen molar-refractivity contribution in [2.24, 2.45) is 0 Å². The number of carbonyl (C=O) groups is 3. The maximum atomic E-state index is 12.8. The minimum absolute atomic E-state index is 0.0285. The Morgan fingerprint density at radius 3 is 2.32 bits per heavy atom. The fourth-order valence-corrected chi connectivity index (χ4v) is 3.74. The van der Waals surface area contributed by atoms with E-state index in [4.69, 9.17) is 9.84 Å². The fraction of sp³-hybridized carbons (Fsp3) is 0.812. The molecule has 0 atom stereocenters. The quantitative estimate of drug-likeness (QED) is 0.777. The molecule has 140 valence electrons. The predicted molar refractivity (Wildman–Crippen MR) is 88.3 cm³/mol. The van der Waals surface area contributed by atoms with Crippen LogP contribution < -0.4 is 0 Å². The maximum Gasteiger partial charge on any atom is 0.407 e. The monoisotopic (exact) mass is 354 g/mol. The second-order valence-electron chi connectivity index (χ2n) is 6.75. The van der Waals surface area contributed by atoms with Gasteiger partial charge in [0.2, 0.25) is 5.91 Å². The molecule has 0 bridgehead atoms. The van der Waals surface area contributed by atoms with Gasteiger partial charge in [-0.15, -0.1) is 0 Å². The third-order valence-corrected chi connectivity index (χ3v) is 5.21. The summed E-state index contributed by atoms with van der Waals surface area (Å²) in [4.78, 5) is 42.8. The lowest BCUT2D eigenvalue weighted by Crippen LogP contribution is -2.58. The van der Waals surface area contributed by atoms with Crippen LogP contribution in [0.1, 0.15) is 19.3 Å². The summed E-state index contributed by atoms with van der Waals surface area (Å²) in [6.07, 6.45) is 1.24. The number of carbonyl (C=O) groups excluding carboxylic acids is 2. The van der Waals surface area contributed by atoms with Crippen molar-refractivity contribution >= 4 is 18.0 Å². The first-order valence-electron chi connectivity index (χ1n) is 8.95. The molecule has 0 saturated carbocycles. The zero-order chi connectivity index (χ0) is 17.8. The van der Waals surface area contributed by atoms with Crippen LogP contribution in [0.25, 0.3) is 0 Å². The molecule has 25 heavy (non-hydrogen) atoms. The Hall–Kier alpha value is -2.03. The molecule has 3 aliphatic rings. The molecule has 9 nitrogen and oxygen atoms in total. The summed E-state index contributed by atoms with van der Waals surface area (Å²) in [5.41, 5.74) is 0. The molecule has 0 aromatic carbocycles. The van der Waals surface area contributed by atoms with E-state index >= 15 is 0 Å². The normalized spacial score (nSPS) is 23.1. The molecule has 0 aromatic rings. The molecular formula is C16H26N4O5. The Morgan fingerprint density at radius 2 is 1.68 bits per heavy atom. The van der Waals surface area contributed by atoms with Gasteiger partial charge in [0, 0.05) is 45.3 Å². The molecule has 1 N–H and O–H groups in total. The SMILES string of the molecule is O=C(O)N1CCC(N2CCCN(CC(=O)N3CCOCC3)C2=O)CC1. The third kappa shape index (κ3) is 4.15.